The van der Waals surface area contributed by atoms with Crippen LogP contribution in [0.15, 0.2) is 29.2 Å². The van der Waals surface area contributed by atoms with Crippen molar-refractivity contribution in [2.45, 2.75) is 129 Å². The summed E-state index contributed by atoms with van der Waals surface area (Å²) in [5.41, 5.74) is 1.18. The van der Waals surface area contributed by atoms with Gasteiger partial charge in [-0.05, 0) is 114 Å². The van der Waals surface area contributed by atoms with E-state index < -0.39 is 9.52 Å². The zero-order chi connectivity index (χ0) is 31.0. The molecule has 0 N–H and O–H groups in total. The van der Waals surface area contributed by atoms with Gasteiger partial charge in [0.05, 0.1) is 0 Å². The Bertz CT molecular complexity index is 1050. The Morgan fingerprint density at radius 2 is 0.854 bits per heavy atom. The molecule has 0 heterocycles. The van der Waals surface area contributed by atoms with E-state index in [1.54, 1.807) is 34.0 Å². The maximum absolute atomic E-state index is 11.4. The van der Waals surface area contributed by atoms with E-state index in [4.69, 9.17) is 0 Å². The van der Waals surface area contributed by atoms with Gasteiger partial charge in [-0.15, -0.1) is 0 Å². The summed E-state index contributed by atoms with van der Waals surface area (Å²) in [4.78, 5) is 42.9. The summed E-state index contributed by atoms with van der Waals surface area (Å²) in [6.07, 6.45) is 18.5. The lowest BCUT2D eigenvalue weighted by Gasteiger charge is -2.21. The van der Waals surface area contributed by atoms with E-state index in [2.05, 4.69) is 5.87 Å². The fourth-order valence-corrected chi connectivity index (χ4v) is 5.68. The first kappa shape index (κ1) is 36.9. The minimum Gasteiger partial charge on any atom is -0.300 e. The quantitative estimate of drug-likeness (QED) is 0.326. The molecule has 0 aliphatic heterocycles. The number of rotatable bonds is 5. The van der Waals surface area contributed by atoms with E-state index in [9.17, 15) is 23.4 Å². The molecule has 0 spiro atoms. The third-order valence-electron chi connectivity index (χ3n) is 8.46. The van der Waals surface area contributed by atoms with E-state index in [1.807, 2.05) is 31.2 Å². The van der Waals surface area contributed by atoms with Gasteiger partial charge in [0, 0.05) is 34.8 Å². The zero-order valence-electron chi connectivity index (χ0n) is 26.7. The van der Waals surface area contributed by atoms with Crippen molar-refractivity contribution in [1.82, 2.24) is 0 Å². The number of hydrogen-bond donors (Lipinski definition) is 0. The lowest BCUT2D eigenvalue weighted by molar-refractivity contribution is -0.123. The molecule has 4 fully saturated rings. The second-order valence-electron chi connectivity index (χ2n) is 12.5. The summed E-state index contributed by atoms with van der Waals surface area (Å²) in [7, 11) is -2.02. The second-order valence-corrected chi connectivity index (χ2v) is 15.0. The van der Waals surface area contributed by atoms with E-state index in [0.717, 1.165) is 56.3 Å². The van der Waals surface area contributed by atoms with Crippen LogP contribution in [0.25, 0.3) is 0 Å². The molecule has 0 bridgehead atoms. The highest BCUT2D eigenvalue weighted by molar-refractivity contribution is 7.99. The van der Waals surface area contributed by atoms with Crippen LogP contribution in [0.2, 0.25) is 0 Å². The molecule has 5 nitrogen and oxygen atoms in total. The minimum atomic E-state index is -2.02. The Kier molecular flexibility index (Phi) is 17.3. The first-order chi connectivity index (χ1) is 19.2. The van der Waals surface area contributed by atoms with Crippen LogP contribution in [0.3, 0.4) is 0 Å². The summed E-state index contributed by atoms with van der Waals surface area (Å²) in [6.45, 7) is 8.78. The van der Waals surface area contributed by atoms with Gasteiger partial charge in [0.2, 0.25) is 0 Å². The maximum Gasteiger partial charge on any atom is 0.132 e. The van der Waals surface area contributed by atoms with Crippen LogP contribution in [0, 0.1) is 30.6 Å². The molecule has 6 heteroatoms. The van der Waals surface area contributed by atoms with Crippen molar-refractivity contribution < 1.29 is 23.4 Å². The minimum absolute atomic E-state index is 0.370. The molecule has 1 aromatic carbocycles. The molecule has 0 amide bonds. The number of carbonyl (C=O) groups is 4. The van der Waals surface area contributed by atoms with Crippen LogP contribution in [0.5, 0.6) is 0 Å². The number of benzene rings is 1. The SMILES string of the molecule is C=S(C)(=O)c1ccc(C)cc1.CC(=O)C1CC1.CC(=O)C1CCC1.CC(=O)C1CCCC1.CC(=O)C1CCCCC1. The van der Waals surface area contributed by atoms with E-state index >= 15 is 0 Å². The number of aryl methyl sites for hydroxylation is 1. The van der Waals surface area contributed by atoms with Crippen molar-refractivity contribution in [3.8, 4) is 0 Å². The third kappa shape index (κ3) is 16.8. The molecule has 4 saturated carbocycles. The molecule has 0 aromatic heterocycles. The van der Waals surface area contributed by atoms with Crippen molar-refractivity contribution >= 4 is 38.5 Å². The highest BCUT2D eigenvalue weighted by Gasteiger charge is 2.25. The van der Waals surface area contributed by atoms with Gasteiger partial charge in [0.15, 0.2) is 0 Å². The molecule has 0 radical (unpaired) electrons. The Hall–Kier alpha value is -2.08. The van der Waals surface area contributed by atoms with E-state index in [0.29, 0.717) is 46.8 Å². The van der Waals surface area contributed by atoms with Crippen LogP contribution >= 0.6 is 0 Å². The van der Waals surface area contributed by atoms with Crippen molar-refractivity contribution in [2.75, 3.05) is 6.26 Å². The second kappa shape index (κ2) is 19.2. The van der Waals surface area contributed by atoms with E-state index in [1.165, 1.54) is 44.1 Å². The smallest absolute Gasteiger partial charge is 0.132 e. The number of Topliss-reactive ketones (excluding diaryl/α,β-unsaturated/α-hetero) is 4. The summed E-state index contributed by atoms with van der Waals surface area (Å²) in [6, 6.07) is 7.63. The standard InChI is InChI=1S/C9H12OS.C8H14O.C7H12O.C6H10O.C5H8O/c1-8-4-6-9(7-5-8)11(2,3)10;1-7(9)8-5-3-2-4-6-8;1-6(8)7-4-2-3-5-7;1-5(7)6-3-2-4-6;1-4(6)5-2-3-5/h4-7H,2H2,1,3H3;8H,2-6H2,1H3;7H,2-5H2,1H3;6H,2-4H2,1H3;5H,2-3H2,1H3. The molecule has 1 atom stereocenters. The summed E-state index contributed by atoms with van der Waals surface area (Å²) in [5, 5.41) is 0. The van der Waals surface area contributed by atoms with Crippen LogP contribution in [-0.2, 0) is 28.7 Å². The highest BCUT2D eigenvalue weighted by atomic mass is 32.2. The molecule has 1 aromatic rings. The van der Waals surface area contributed by atoms with Gasteiger partial charge in [-0.1, -0.05) is 56.2 Å². The average Bonchev–Trinajstić information content (AvgIpc) is 3.59. The average molecular weight is 589 g/mol. The predicted octanol–water partition coefficient (Wildman–Crippen LogP) is 7.98. The van der Waals surface area contributed by atoms with Crippen molar-refractivity contribution in [3.05, 3.63) is 29.8 Å². The third-order valence-corrected chi connectivity index (χ3v) is 9.73. The van der Waals surface area contributed by atoms with Crippen LogP contribution < -0.4 is 0 Å². The van der Waals surface area contributed by atoms with Crippen LogP contribution in [0.1, 0.15) is 123 Å². The van der Waals surface area contributed by atoms with E-state index in [-0.39, 0.29) is 0 Å². The van der Waals surface area contributed by atoms with Gasteiger partial charge in [0.25, 0.3) is 0 Å². The van der Waals surface area contributed by atoms with Crippen LogP contribution in [-0.4, -0.2) is 39.5 Å². The largest absolute Gasteiger partial charge is 0.300 e. The fraction of sp³-hybridized carbons (Fsp3) is 0.686. The monoisotopic (exact) mass is 588 g/mol. The Labute approximate surface area is 250 Å². The molecular formula is C35H56O5S. The first-order valence-electron chi connectivity index (χ1n) is 15.6. The van der Waals surface area contributed by atoms with Gasteiger partial charge in [-0.3, -0.25) is 23.4 Å². The summed E-state index contributed by atoms with van der Waals surface area (Å²) < 4.78 is 11.4. The van der Waals surface area contributed by atoms with Gasteiger partial charge >= 0.3 is 0 Å². The maximum atomic E-state index is 11.4. The number of carbonyl (C=O) groups excluding carboxylic acids is 4. The highest BCUT2D eigenvalue weighted by Crippen LogP contribution is 2.29. The van der Waals surface area contributed by atoms with Crippen molar-refractivity contribution in [3.63, 3.8) is 0 Å². The normalized spacial score (nSPS) is 20.0. The molecule has 41 heavy (non-hydrogen) atoms. The summed E-state index contributed by atoms with van der Waals surface area (Å²) in [5.74, 6) is 6.89. The molecule has 232 valence electrons. The Morgan fingerprint density at radius 3 is 1.05 bits per heavy atom. The fourth-order valence-electron chi connectivity index (χ4n) is 4.97. The van der Waals surface area contributed by atoms with Gasteiger partial charge in [0.1, 0.15) is 23.1 Å². The zero-order valence-corrected chi connectivity index (χ0v) is 27.5. The van der Waals surface area contributed by atoms with Gasteiger partial charge < -0.3 is 0 Å². The Balaban J connectivity index is 0.000000260. The topological polar surface area (TPSA) is 85.3 Å². The van der Waals surface area contributed by atoms with Crippen molar-refractivity contribution in [1.29, 1.82) is 0 Å². The van der Waals surface area contributed by atoms with Gasteiger partial charge in [-0.25, -0.2) is 0 Å². The number of ketones is 4. The molecule has 1 unspecified atom stereocenters. The Morgan fingerprint density at radius 1 is 0.561 bits per heavy atom. The first-order valence-corrected chi connectivity index (χ1v) is 17.8. The summed E-state index contributed by atoms with van der Waals surface area (Å²) >= 11 is 0. The predicted molar refractivity (Wildman–Crippen MR) is 172 cm³/mol. The molecule has 4 aliphatic carbocycles. The number of hydrogen-bond acceptors (Lipinski definition) is 5. The van der Waals surface area contributed by atoms with Crippen molar-refractivity contribution in [2.24, 2.45) is 23.7 Å². The molecule has 4 aliphatic rings. The van der Waals surface area contributed by atoms with Crippen LogP contribution in [0.4, 0.5) is 0 Å². The molecular weight excluding hydrogens is 532 g/mol. The lowest BCUT2D eigenvalue weighted by atomic mass is 9.83. The molecule has 0 saturated heterocycles. The molecule has 5 rings (SSSR count). The van der Waals surface area contributed by atoms with Gasteiger partial charge in [-0.2, -0.15) is 0 Å². The lowest BCUT2D eigenvalue weighted by Crippen LogP contribution is -2.18.